The highest BCUT2D eigenvalue weighted by molar-refractivity contribution is 5.82. The molecule has 31 heavy (non-hydrogen) atoms. The zero-order chi connectivity index (χ0) is 21.7. The van der Waals surface area contributed by atoms with E-state index in [0.717, 1.165) is 0 Å². The monoisotopic (exact) mass is 409 g/mol. The van der Waals surface area contributed by atoms with E-state index >= 15 is 0 Å². The van der Waals surface area contributed by atoms with E-state index in [0.29, 0.717) is 22.3 Å². The van der Waals surface area contributed by atoms with Crippen LogP contribution in [0.5, 0.6) is 5.88 Å². The summed E-state index contributed by atoms with van der Waals surface area (Å²) in [6, 6.07) is 18.0. The first kappa shape index (κ1) is 18.4. The van der Waals surface area contributed by atoms with Crippen LogP contribution >= 0.6 is 0 Å². The van der Waals surface area contributed by atoms with Crippen LogP contribution in [-0.2, 0) is 0 Å². The molecule has 0 bridgehead atoms. The zero-order valence-electron chi connectivity index (χ0n) is 16.3. The first-order chi connectivity index (χ1) is 15.0. The fourth-order valence-electron chi connectivity index (χ4n) is 3.76. The van der Waals surface area contributed by atoms with E-state index in [-0.39, 0.29) is 27.9 Å². The van der Waals surface area contributed by atoms with Crippen molar-refractivity contribution in [2.24, 2.45) is 0 Å². The van der Waals surface area contributed by atoms with Gasteiger partial charge in [0.15, 0.2) is 5.65 Å². The Hall–Kier alpha value is -4.64. The molecule has 2 N–H and O–H groups in total. The van der Waals surface area contributed by atoms with E-state index in [4.69, 9.17) is 0 Å². The normalized spacial score (nSPS) is 11.9. The lowest BCUT2D eigenvalue weighted by atomic mass is 10.1. The second-order valence-electron chi connectivity index (χ2n) is 7.08. The third-order valence-electron chi connectivity index (χ3n) is 5.32. The second-order valence-corrected chi connectivity index (χ2v) is 7.08. The number of pyridine rings is 1. The number of nitriles is 1. The summed E-state index contributed by atoms with van der Waals surface area (Å²) in [5.41, 5.74) is 1.55. The molecule has 5 aromatic rings. The average Bonchev–Trinajstić information content (AvgIpc) is 3.30. The van der Waals surface area contributed by atoms with Gasteiger partial charge in [-0.1, -0.05) is 30.3 Å². The molecule has 0 radical (unpaired) electrons. The van der Waals surface area contributed by atoms with Gasteiger partial charge in [-0.05, 0) is 42.8 Å². The molecule has 0 spiro atoms. The maximum absolute atomic E-state index is 13.4. The molecule has 0 aliphatic rings. The molecule has 3 heterocycles. The second kappa shape index (κ2) is 6.71. The molecule has 8 nitrogen and oxygen atoms in total. The largest absolute Gasteiger partial charge is 0.493 e. The van der Waals surface area contributed by atoms with Crippen molar-refractivity contribution in [1.82, 2.24) is 19.2 Å². The van der Waals surface area contributed by atoms with Crippen LogP contribution in [0.25, 0.3) is 28.4 Å². The number of para-hydroxylation sites is 3. The molecular formula is C23H15N5O3. The highest BCUT2D eigenvalue weighted by Crippen LogP contribution is 2.20. The third-order valence-corrected chi connectivity index (χ3v) is 5.32. The van der Waals surface area contributed by atoms with Crippen LogP contribution in [0.15, 0.2) is 64.2 Å². The van der Waals surface area contributed by atoms with Crippen molar-refractivity contribution in [3.63, 3.8) is 0 Å². The lowest BCUT2D eigenvalue weighted by molar-refractivity contribution is 0.432. The Balaban J connectivity index is 1.88. The maximum atomic E-state index is 13.4. The van der Waals surface area contributed by atoms with Crippen LogP contribution in [-0.4, -0.2) is 24.3 Å². The number of aromatic nitrogens is 4. The molecule has 0 fully saturated rings. The summed E-state index contributed by atoms with van der Waals surface area (Å²) in [5.74, 6) is -0.330. The molecule has 0 aliphatic heterocycles. The molecule has 0 aliphatic carbocycles. The van der Waals surface area contributed by atoms with E-state index in [1.165, 1.54) is 15.2 Å². The molecule has 0 saturated carbocycles. The Labute approximate surface area is 174 Å². The maximum Gasteiger partial charge on any atom is 0.275 e. The summed E-state index contributed by atoms with van der Waals surface area (Å²) in [7, 11) is 0. The number of imidazole rings is 1. The fourth-order valence-corrected chi connectivity index (χ4v) is 3.76. The molecule has 3 aromatic heterocycles. The fraction of sp³-hybridized carbons (Fsp3) is 0.0435. The zero-order valence-corrected chi connectivity index (χ0v) is 16.3. The molecule has 0 atom stereocenters. The van der Waals surface area contributed by atoms with Gasteiger partial charge < -0.3 is 5.11 Å². The lowest BCUT2D eigenvalue weighted by Crippen LogP contribution is -2.34. The van der Waals surface area contributed by atoms with Gasteiger partial charge in [-0.25, -0.2) is 9.67 Å². The summed E-state index contributed by atoms with van der Waals surface area (Å²) in [5, 5.41) is 23.1. The van der Waals surface area contributed by atoms with E-state index < -0.39 is 11.1 Å². The summed E-state index contributed by atoms with van der Waals surface area (Å²) < 4.78 is 2.61. The van der Waals surface area contributed by atoms with Crippen molar-refractivity contribution in [3.8, 4) is 17.6 Å². The topological polar surface area (TPSA) is 116 Å². The lowest BCUT2D eigenvalue weighted by Gasteiger charge is -2.04. The Bertz CT molecular complexity index is 1700. The predicted octanol–water partition coefficient (Wildman–Crippen LogP) is 1.76. The van der Waals surface area contributed by atoms with Gasteiger partial charge in [-0.2, -0.15) is 5.26 Å². The Morgan fingerprint density at radius 1 is 1.10 bits per heavy atom. The number of aromatic amines is 1. The van der Waals surface area contributed by atoms with Crippen LogP contribution in [0, 0.1) is 18.3 Å². The first-order valence-electron chi connectivity index (χ1n) is 9.46. The molecule has 2 aromatic carbocycles. The van der Waals surface area contributed by atoms with Crippen molar-refractivity contribution in [3.05, 3.63) is 97.2 Å². The van der Waals surface area contributed by atoms with Gasteiger partial charge in [0, 0.05) is 5.22 Å². The molecule has 0 amide bonds. The van der Waals surface area contributed by atoms with E-state index in [1.807, 2.05) is 6.07 Å². The van der Waals surface area contributed by atoms with Crippen LogP contribution in [0.2, 0.25) is 0 Å². The van der Waals surface area contributed by atoms with Gasteiger partial charge >= 0.3 is 0 Å². The average molecular weight is 409 g/mol. The Morgan fingerprint density at radius 3 is 2.55 bits per heavy atom. The molecule has 5 rings (SSSR count). The van der Waals surface area contributed by atoms with Crippen molar-refractivity contribution in [1.29, 1.82) is 5.26 Å². The number of fused-ring (bicyclic) bond motifs is 3. The summed E-state index contributed by atoms with van der Waals surface area (Å²) in [6.07, 6.45) is 1.32. The number of nitrogens with one attached hydrogen (secondary N) is 1. The number of hydrogen-bond donors (Lipinski definition) is 2. The molecule has 8 heteroatoms. The van der Waals surface area contributed by atoms with E-state index in [9.17, 15) is 20.0 Å². The van der Waals surface area contributed by atoms with Crippen LogP contribution in [0.1, 0.15) is 16.7 Å². The minimum absolute atomic E-state index is 0.0725. The van der Waals surface area contributed by atoms with Gasteiger partial charge in [0.2, 0.25) is 5.88 Å². The number of H-pyrrole nitrogens is 1. The van der Waals surface area contributed by atoms with Crippen LogP contribution < -0.4 is 16.3 Å². The SMILES string of the molecule is Cc1c(C#N)c2nc3ccccc3n2c(=O)/c1=C/c1c(O)n(-c2ccccc2)[nH]c1=O. The van der Waals surface area contributed by atoms with E-state index in [1.54, 1.807) is 55.5 Å². The third kappa shape index (κ3) is 2.64. The van der Waals surface area contributed by atoms with Gasteiger partial charge in [-0.3, -0.25) is 19.1 Å². The highest BCUT2D eigenvalue weighted by atomic mass is 16.3. The van der Waals surface area contributed by atoms with Crippen molar-refractivity contribution < 1.29 is 5.11 Å². The first-order valence-corrected chi connectivity index (χ1v) is 9.46. The van der Waals surface area contributed by atoms with Crippen molar-refractivity contribution >= 4 is 22.8 Å². The van der Waals surface area contributed by atoms with Crippen LogP contribution in [0.3, 0.4) is 0 Å². The van der Waals surface area contributed by atoms with Gasteiger partial charge in [0.25, 0.3) is 11.1 Å². The quantitative estimate of drug-likeness (QED) is 0.461. The predicted molar refractivity (Wildman–Crippen MR) is 115 cm³/mol. The van der Waals surface area contributed by atoms with Gasteiger partial charge in [-0.15, -0.1) is 0 Å². The minimum atomic E-state index is -0.561. The number of hydrogen-bond acceptors (Lipinski definition) is 5. The number of nitrogens with zero attached hydrogens (tertiary/aromatic N) is 4. The van der Waals surface area contributed by atoms with Crippen molar-refractivity contribution in [2.75, 3.05) is 0 Å². The summed E-state index contributed by atoms with van der Waals surface area (Å²) in [6.45, 7) is 1.63. The van der Waals surface area contributed by atoms with Crippen LogP contribution in [0.4, 0.5) is 0 Å². The number of benzene rings is 2. The molecule has 0 saturated heterocycles. The smallest absolute Gasteiger partial charge is 0.275 e. The molecular weight excluding hydrogens is 394 g/mol. The van der Waals surface area contributed by atoms with Gasteiger partial charge in [0.05, 0.1) is 22.3 Å². The molecule has 0 unspecified atom stereocenters. The standard InChI is InChI=1S/C23H15N5O3/c1-13-15(11-16-21(29)26-28(23(16)31)14-7-3-2-4-8-14)22(30)27-19-10-6-5-9-18(19)25-20(27)17(13)12-24/h2-11,31H,1H3,(H,26,29)/b15-11+. The summed E-state index contributed by atoms with van der Waals surface area (Å²) >= 11 is 0. The number of aromatic hydroxyl groups is 1. The summed E-state index contributed by atoms with van der Waals surface area (Å²) in [4.78, 5) is 30.4. The Morgan fingerprint density at radius 2 is 1.81 bits per heavy atom. The Kier molecular flexibility index (Phi) is 3.98. The van der Waals surface area contributed by atoms with E-state index in [2.05, 4.69) is 16.2 Å². The van der Waals surface area contributed by atoms with Gasteiger partial charge in [0.1, 0.15) is 11.6 Å². The number of rotatable bonds is 2. The minimum Gasteiger partial charge on any atom is -0.493 e. The highest BCUT2D eigenvalue weighted by Gasteiger charge is 2.18. The molecule has 150 valence electrons. The van der Waals surface area contributed by atoms with Crippen molar-refractivity contribution in [2.45, 2.75) is 6.92 Å².